The molecule has 0 bridgehead atoms. The standard InChI is InChI=1S/C18H23BrN2/c1-4-21-18(10-16-8-17(19)12-20-11-16)9-15-6-13(2)5-14(3)7-15/h5-8,11-12,18,21H,4,9-10H2,1-3H3. The van der Waals surface area contributed by atoms with Crippen LogP contribution in [-0.4, -0.2) is 17.6 Å². The molecular formula is C18H23BrN2. The smallest absolute Gasteiger partial charge is 0.0410 e. The van der Waals surface area contributed by atoms with E-state index in [0.717, 1.165) is 23.9 Å². The summed E-state index contributed by atoms with van der Waals surface area (Å²) in [6.45, 7) is 7.47. The first kappa shape index (κ1) is 16.2. The van der Waals surface area contributed by atoms with Crippen molar-refractivity contribution < 1.29 is 0 Å². The van der Waals surface area contributed by atoms with Crippen molar-refractivity contribution >= 4 is 15.9 Å². The third kappa shape index (κ3) is 5.25. The highest BCUT2D eigenvalue weighted by Crippen LogP contribution is 2.15. The van der Waals surface area contributed by atoms with Crippen LogP contribution in [0.2, 0.25) is 0 Å². The first-order valence-corrected chi connectivity index (χ1v) is 8.26. The predicted octanol–water partition coefficient (Wildman–Crippen LogP) is 4.22. The summed E-state index contributed by atoms with van der Waals surface area (Å²) >= 11 is 3.49. The molecule has 0 saturated heterocycles. The second-order valence-corrected chi connectivity index (χ2v) is 6.59. The van der Waals surface area contributed by atoms with E-state index in [0.29, 0.717) is 6.04 Å². The van der Waals surface area contributed by atoms with Gasteiger partial charge in [0.05, 0.1) is 0 Å². The van der Waals surface area contributed by atoms with Crippen molar-refractivity contribution in [1.82, 2.24) is 10.3 Å². The van der Waals surface area contributed by atoms with Gasteiger partial charge >= 0.3 is 0 Å². The lowest BCUT2D eigenvalue weighted by Crippen LogP contribution is -2.33. The summed E-state index contributed by atoms with van der Waals surface area (Å²) in [5.41, 5.74) is 5.34. The number of benzene rings is 1. The van der Waals surface area contributed by atoms with Crippen LogP contribution in [0.3, 0.4) is 0 Å². The number of hydrogen-bond acceptors (Lipinski definition) is 2. The van der Waals surface area contributed by atoms with Gasteiger partial charge in [-0.3, -0.25) is 4.98 Å². The quantitative estimate of drug-likeness (QED) is 0.846. The van der Waals surface area contributed by atoms with E-state index in [1.54, 1.807) is 0 Å². The van der Waals surface area contributed by atoms with Crippen molar-refractivity contribution in [2.45, 2.75) is 39.7 Å². The zero-order valence-electron chi connectivity index (χ0n) is 13.0. The Bertz CT molecular complexity index is 575. The maximum Gasteiger partial charge on any atom is 0.0410 e. The van der Waals surface area contributed by atoms with Crippen LogP contribution in [0.1, 0.15) is 29.2 Å². The number of nitrogens with zero attached hydrogens (tertiary/aromatic N) is 1. The van der Waals surface area contributed by atoms with Crippen molar-refractivity contribution in [2.75, 3.05) is 6.54 Å². The topological polar surface area (TPSA) is 24.9 Å². The van der Waals surface area contributed by atoms with E-state index in [1.807, 2.05) is 12.4 Å². The molecule has 0 aliphatic rings. The molecule has 0 amide bonds. The number of pyridine rings is 1. The van der Waals surface area contributed by atoms with Crippen molar-refractivity contribution in [3.8, 4) is 0 Å². The van der Waals surface area contributed by atoms with Gasteiger partial charge < -0.3 is 5.32 Å². The van der Waals surface area contributed by atoms with Gasteiger partial charge in [-0.15, -0.1) is 0 Å². The molecule has 1 N–H and O–H groups in total. The molecule has 1 atom stereocenters. The molecule has 1 heterocycles. The summed E-state index contributed by atoms with van der Waals surface area (Å²) in [7, 11) is 0. The lowest BCUT2D eigenvalue weighted by Gasteiger charge is -2.19. The van der Waals surface area contributed by atoms with Gasteiger partial charge in [-0.25, -0.2) is 0 Å². The Hall–Kier alpha value is -1.19. The molecule has 1 unspecified atom stereocenters. The number of likely N-dealkylation sites (N-methyl/N-ethyl adjacent to an activating group) is 1. The molecule has 21 heavy (non-hydrogen) atoms. The molecule has 2 rings (SSSR count). The Morgan fingerprint density at radius 2 is 1.67 bits per heavy atom. The van der Waals surface area contributed by atoms with E-state index in [1.165, 1.54) is 22.3 Å². The second kappa shape index (κ2) is 7.71. The summed E-state index contributed by atoms with van der Waals surface area (Å²) in [6.07, 6.45) is 5.82. The summed E-state index contributed by atoms with van der Waals surface area (Å²) < 4.78 is 1.04. The summed E-state index contributed by atoms with van der Waals surface area (Å²) in [5, 5.41) is 3.59. The molecule has 0 fully saturated rings. The minimum atomic E-state index is 0.437. The molecule has 0 radical (unpaired) electrons. The molecule has 0 aliphatic heterocycles. The highest BCUT2D eigenvalue weighted by molar-refractivity contribution is 9.10. The minimum absolute atomic E-state index is 0.437. The third-order valence-electron chi connectivity index (χ3n) is 3.50. The van der Waals surface area contributed by atoms with Crippen LogP contribution in [-0.2, 0) is 12.8 Å². The van der Waals surface area contributed by atoms with Gasteiger partial charge in [0.1, 0.15) is 0 Å². The lowest BCUT2D eigenvalue weighted by molar-refractivity contribution is 0.520. The van der Waals surface area contributed by atoms with Crippen molar-refractivity contribution in [3.63, 3.8) is 0 Å². The molecule has 112 valence electrons. The van der Waals surface area contributed by atoms with Crippen LogP contribution in [0.4, 0.5) is 0 Å². The number of rotatable bonds is 6. The Morgan fingerprint density at radius 1 is 1.00 bits per heavy atom. The number of hydrogen-bond donors (Lipinski definition) is 1. The molecule has 2 nitrogen and oxygen atoms in total. The van der Waals surface area contributed by atoms with E-state index in [9.17, 15) is 0 Å². The van der Waals surface area contributed by atoms with E-state index >= 15 is 0 Å². The van der Waals surface area contributed by atoms with E-state index in [4.69, 9.17) is 0 Å². The van der Waals surface area contributed by atoms with Crippen molar-refractivity contribution in [3.05, 3.63) is 63.4 Å². The predicted molar refractivity (Wildman–Crippen MR) is 92.7 cm³/mol. The van der Waals surface area contributed by atoms with Crippen LogP contribution >= 0.6 is 15.9 Å². The normalized spacial score (nSPS) is 12.4. The Morgan fingerprint density at radius 3 is 2.29 bits per heavy atom. The van der Waals surface area contributed by atoms with Gasteiger partial charge in [0.25, 0.3) is 0 Å². The van der Waals surface area contributed by atoms with Gasteiger partial charge in [0, 0.05) is 22.9 Å². The zero-order valence-corrected chi connectivity index (χ0v) is 14.6. The van der Waals surface area contributed by atoms with Crippen LogP contribution in [0, 0.1) is 13.8 Å². The number of aromatic nitrogens is 1. The van der Waals surface area contributed by atoms with Gasteiger partial charge in [0.15, 0.2) is 0 Å². The maximum absolute atomic E-state index is 4.26. The average molecular weight is 347 g/mol. The first-order chi connectivity index (χ1) is 10.1. The first-order valence-electron chi connectivity index (χ1n) is 7.47. The van der Waals surface area contributed by atoms with Crippen molar-refractivity contribution in [1.29, 1.82) is 0 Å². The van der Waals surface area contributed by atoms with Gasteiger partial charge in [-0.05, 0) is 66.4 Å². The molecule has 1 aromatic heterocycles. The fourth-order valence-corrected chi connectivity index (χ4v) is 3.24. The number of aryl methyl sites for hydroxylation is 2. The molecule has 0 spiro atoms. The van der Waals surface area contributed by atoms with E-state index in [2.05, 4.69) is 71.3 Å². The van der Waals surface area contributed by atoms with Crippen LogP contribution in [0.5, 0.6) is 0 Å². The van der Waals surface area contributed by atoms with Gasteiger partial charge in [-0.2, -0.15) is 0 Å². The fourth-order valence-electron chi connectivity index (χ4n) is 2.83. The van der Waals surface area contributed by atoms with Crippen molar-refractivity contribution in [2.24, 2.45) is 0 Å². The molecule has 0 saturated carbocycles. The molecule has 0 aliphatic carbocycles. The fraction of sp³-hybridized carbons (Fsp3) is 0.389. The average Bonchev–Trinajstić information content (AvgIpc) is 2.37. The van der Waals surface area contributed by atoms with Crippen LogP contribution in [0.25, 0.3) is 0 Å². The highest BCUT2D eigenvalue weighted by Gasteiger charge is 2.11. The molecular weight excluding hydrogens is 324 g/mol. The lowest BCUT2D eigenvalue weighted by atomic mass is 9.97. The van der Waals surface area contributed by atoms with Crippen LogP contribution in [0.15, 0.2) is 41.1 Å². The molecule has 3 heteroatoms. The Kier molecular flexibility index (Phi) is 5.95. The monoisotopic (exact) mass is 346 g/mol. The molecule has 1 aromatic carbocycles. The van der Waals surface area contributed by atoms with Gasteiger partial charge in [0.2, 0.25) is 0 Å². The minimum Gasteiger partial charge on any atom is -0.314 e. The second-order valence-electron chi connectivity index (χ2n) is 5.67. The van der Waals surface area contributed by atoms with Gasteiger partial charge in [-0.1, -0.05) is 36.2 Å². The maximum atomic E-state index is 4.26. The number of halogens is 1. The number of nitrogens with one attached hydrogen (secondary N) is 1. The Balaban J connectivity index is 2.11. The summed E-state index contributed by atoms with van der Waals surface area (Å²) in [4.78, 5) is 4.26. The summed E-state index contributed by atoms with van der Waals surface area (Å²) in [6, 6.07) is 9.39. The Labute approximate surface area is 136 Å². The van der Waals surface area contributed by atoms with E-state index in [-0.39, 0.29) is 0 Å². The van der Waals surface area contributed by atoms with E-state index < -0.39 is 0 Å². The molecule has 2 aromatic rings. The largest absolute Gasteiger partial charge is 0.314 e. The summed E-state index contributed by atoms with van der Waals surface area (Å²) in [5.74, 6) is 0. The third-order valence-corrected chi connectivity index (χ3v) is 3.93. The SMILES string of the molecule is CCNC(Cc1cc(C)cc(C)c1)Cc1cncc(Br)c1. The van der Waals surface area contributed by atoms with Crippen LogP contribution < -0.4 is 5.32 Å². The zero-order chi connectivity index (χ0) is 15.2. The highest BCUT2D eigenvalue weighted by atomic mass is 79.9.